The molecule has 94 valence electrons. The predicted molar refractivity (Wildman–Crippen MR) is 66.5 cm³/mol. The number of ether oxygens (including phenoxy) is 1. The van der Waals surface area contributed by atoms with Gasteiger partial charge in [0.05, 0.1) is 6.61 Å². The van der Waals surface area contributed by atoms with Crippen molar-refractivity contribution in [1.29, 1.82) is 0 Å². The van der Waals surface area contributed by atoms with Gasteiger partial charge in [-0.25, -0.2) is 4.39 Å². The van der Waals surface area contributed by atoms with Crippen molar-refractivity contribution in [3.63, 3.8) is 0 Å². The molecule has 0 spiro atoms. The highest BCUT2D eigenvalue weighted by Crippen LogP contribution is 2.25. The summed E-state index contributed by atoms with van der Waals surface area (Å²) >= 11 is 0. The molecule has 4 heteroatoms. The van der Waals surface area contributed by atoms with E-state index in [0.717, 1.165) is 31.8 Å². The van der Waals surface area contributed by atoms with Gasteiger partial charge in [0.15, 0.2) is 0 Å². The van der Waals surface area contributed by atoms with Crippen LogP contribution in [0.4, 0.5) is 10.1 Å². The number of hydrogen-bond acceptors (Lipinski definition) is 3. The molecule has 0 bridgehead atoms. The summed E-state index contributed by atoms with van der Waals surface area (Å²) in [6, 6.07) is 5.30. The van der Waals surface area contributed by atoms with E-state index in [4.69, 9.17) is 10.5 Å². The molecular weight excluding hydrogens is 219 g/mol. The average Bonchev–Trinajstić information content (AvgIpc) is 2.78. The molecule has 1 heterocycles. The summed E-state index contributed by atoms with van der Waals surface area (Å²) in [5.74, 6) is 0.345. The zero-order valence-electron chi connectivity index (χ0n) is 10.2. The van der Waals surface area contributed by atoms with Crippen LogP contribution in [-0.2, 0) is 11.3 Å². The first kappa shape index (κ1) is 12.3. The lowest BCUT2D eigenvalue weighted by molar-refractivity contribution is 0.161. The maximum atomic E-state index is 13.6. The van der Waals surface area contributed by atoms with Crippen molar-refractivity contribution in [2.24, 2.45) is 11.7 Å². The van der Waals surface area contributed by atoms with Gasteiger partial charge in [0.25, 0.3) is 0 Å². The molecule has 0 saturated carbocycles. The third-order valence-electron chi connectivity index (χ3n) is 3.31. The molecule has 1 aromatic carbocycles. The monoisotopic (exact) mass is 238 g/mol. The molecule has 1 unspecified atom stereocenters. The second-order valence-electron chi connectivity index (χ2n) is 4.54. The number of methoxy groups -OCH3 is 1. The van der Waals surface area contributed by atoms with Crippen LogP contribution in [0, 0.1) is 11.7 Å². The lowest BCUT2D eigenvalue weighted by Gasteiger charge is -2.19. The van der Waals surface area contributed by atoms with E-state index >= 15 is 0 Å². The molecule has 3 nitrogen and oxygen atoms in total. The molecule has 2 N–H and O–H groups in total. The molecule has 0 aromatic heterocycles. The minimum Gasteiger partial charge on any atom is -0.384 e. The Morgan fingerprint density at radius 1 is 1.53 bits per heavy atom. The third-order valence-corrected chi connectivity index (χ3v) is 3.31. The highest BCUT2D eigenvalue weighted by Gasteiger charge is 2.22. The van der Waals surface area contributed by atoms with Crippen LogP contribution >= 0.6 is 0 Å². The number of halogens is 1. The van der Waals surface area contributed by atoms with Gasteiger partial charge in [0.1, 0.15) is 5.82 Å². The zero-order valence-corrected chi connectivity index (χ0v) is 10.2. The van der Waals surface area contributed by atoms with Crippen molar-refractivity contribution < 1.29 is 9.13 Å². The Hall–Kier alpha value is -1.13. The van der Waals surface area contributed by atoms with E-state index in [1.807, 2.05) is 6.07 Å². The fourth-order valence-electron chi connectivity index (χ4n) is 2.34. The van der Waals surface area contributed by atoms with E-state index in [0.29, 0.717) is 11.5 Å². The highest BCUT2D eigenvalue weighted by molar-refractivity contribution is 5.49. The number of benzene rings is 1. The van der Waals surface area contributed by atoms with Crippen LogP contribution in [0.1, 0.15) is 12.0 Å². The molecular formula is C13H19FN2O. The normalized spacial score (nSPS) is 19.9. The predicted octanol–water partition coefficient (Wildman–Crippen LogP) is 1.76. The van der Waals surface area contributed by atoms with Gasteiger partial charge < -0.3 is 15.4 Å². The molecule has 1 saturated heterocycles. The summed E-state index contributed by atoms with van der Waals surface area (Å²) in [5, 5.41) is 0. The van der Waals surface area contributed by atoms with Gasteiger partial charge in [0, 0.05) is 43.9 Å². The van der Waals surface area contributed by atoms with Crippen LogP contribution < -0.4 is 10.6 Å². The zero-order chi connectivity index (χ0) is 12.3. The second kappa shape index (κ2) is 5.47. The van der Waals surface area contributed by atoms with E-state index in [1.165, 1.54) is 0 Å². The Kier molecular flexibility index (Phi) is 3.97. The Labute approximate surface area is 101 Å². The van der Waals surface area contributed by atoms with Gasteiger partial charge in [0.2, 0.25) is 0 Å². The largest absolute Gasteiger partial charge is 0.384 e. The van der Waals surface area contributed by atoms with Gasteiger partial charge >= 0.3 is 0 Å². The molecule has 1 aliphatic heterocycles. The van der Waals surface area contributed by atoms with Crippen LogP contribution in [0.15, 0.2) is 18.2 Å². The van der Waals surface area contributed by atoms with Crippen molar-refractivity contribution in [3.05, 3.63) is 29.6 Å². The molecule has 17 heavy (non-hydrogen) atoms. The summed E-state index contributed by atoms with van der Waals surface area (Å²) < 4.78 is 18.8. The van der Waals surface area contributed by atoms with E-state index < -0.39 is 0 Å². The number of nitrogens with two attached hydrogens (primary N) is 1. The van der Waals surface area contributed by atoms with Crippen LogP contribution in [0.25, 0.3) is 0 Å². The first-order valence-corrected chi connectivity index (χ1v) is 5.97. The fourth-order valence-corrected chi connectivity index (χ4v) is 2.34. The lowest BCUT2D eigenvalue weighted by Crippen LogP contribution is -2.21. The summed E-state index contributed by atoms with van der Waals surface area (Å²) in [4.78, 5) is 2.20. The standard InChI is InChI=1S/C13H19FN2O/c1-17-9-10-4-5-16(8-10)12-3-2-11(7-15)13(14)6-12/h2-3,6,10H,4-5,7-9,15H2,1H3. The smallest absolute Gasteiger partial charge is 0.129 e. The molecule has 0 radical (unpaired) electrons. The molecule has 0 amide bonds. The summed E-state index contributed by atoms with van der Waals surface area (Å²) in [7, 11) is 1.72. The van der Waals surface area contributed by atoms with Gasteiger partial charge in [-0.3, -0.25) is 0 Å². The Morgan fingerprint density at radius 3 is 3.00 bits per heavy atom. The first-order valence-electron chi connectivity index (χ1n) is 5.97. The van der Waals surface area contributed by atoms with E-state index in [2.05, 4.69) is 4.90 Å². The third kappa shape index (κ3) is 2.76. The first-order chi connectivity index (χ1) is 8.24. The Balaban J connectivity index is 2.06. The molecule has 1 aliphatic rings. The van der Waals surface area contributed by atoms with Gasteiger partial charge in [-0.1, -0.05) is 6.07 Å². The highest BCUT2D eigenvalue weighted by atomic mass is 19.1. The van der Waals surface area contributed by atoms with Gasteiger partial charge in [-0.15, -0.1) is 0 Å². The van der Waals surface area contributed by atoms with Crippen molar-refractivity contribution in [3.8, 4) is 0 Å². The maximum absolute atomic E-state index is 13.6. The SMILES string of the molecule is COCC1CCN(c2ccc(CN)c(F)c2)C1. The number of rotatable bonds is 4. The maximum Gasteiger partial charge on any atom is 0.129 e. The number of nitrogens with zero attached hydrogens (tertiary/aromatic N) is 1. The fraction of sp³-hybridized carbons (Fsp3) is 0.538. The average molecular weight is 238 g/mol. The summed E-state index contributed by atoms with van der Waals surface area (Å²) in [6.07, 6.45) is 1.11. The van der Waals surface area contributed by atoms with E-state index in [-0.39, 0.29) is 12.4 Å². The van der Waals surface area contributed by atoms with Crippen molar-refractivity contribution >= 4 is 5.69 Å². The van der Waals surface area contributed by atoms with Gasteiger partial charge in [-0.2, -0.15) is 0 Å². The second-order valence-corrected chi connectivity index (χ2v) is 4.54. The topological polar surface area (TPSA) is 38.5 Å². The van der Waals surface area contributed by atoms with Crippen molar-refractivity contribution in [1.82, 2.24) is 0 Å². The quantitative estimate of drug-likeness (QED) is 0.868. The summed E-state index contributed by atoms with van der Waals surface area (Å²) in [5.41, 5.74) is 6.96. The molecule has 1 atom stereocenters. The molecule has 1 fully saturated rings. The molecule has 2 rings (SSSR count). The van der Waals surface area contributed by atoms with Crippen LogP contribution in [0.3, 0.4) is 0 Å². The molecule has 0 aliphatic carbocycles. The van der Waals surface area contributed by atoms with Crippen molar-refractivity contribution in [2.45, 2.75) is 13.0 Å². The summed E-state index contributed by atoms with van der Waals surface area (Å²) in [6.45, 7) is 2.93. The molecule has 1 aromatic rings. The Bertz CT molecular complexity index is 384. The van der Waals surface area contributed by atoms with Crippen LogP contribution in [0.5, 0.6) is 0 Å². The number of anilines is 1. The van der Waals surface area contributed by atoms with Crippen molar-refractivity contribution in [2.75, 3.05) is 31.7 Å². The van der Waals surface area contributed by atoms with Gasteiger partial charge in [-0.05, 0) is 18.6 Å². The minimum absolute atomic E-state index is 0.208. The lowest BCUT2D eigenvalue weighted by atomic mass is 10.1. The van der Waals surface area contributed by atoms with E-state index in [9.17, 15) is 4.39 Å². The van der Waals surface area contributed by atoms with Crippen LogP contribution in [-0.4, -0.2) is 26.8 Å². The van der Waals surface area contributed by atoms with Crippen LogP contribution in [0.2, 0.25) is 0 Å². The van der Waals surface area contributed by atoms with E-state index in [1.54, 1.807) is 19.2 Å². The minimum atomic E-state index is -0.208. The number of hydrogen-bond donors (Lipinski definition) is 1. The Morgan fingerprint density at radius 2 is 2.35 bits per heavy atom.